The number of imidazole rings is 1. The van der Waals surface area contributed by atoms with Crippen LogP contribution in [0.4, 0.5) is 0 Å². The summed E-state index contributed by atoms with van der Waals surface area (Å²) >= 11 is 6.53. The van der Waals surface area contributed by atoms with E-state index in [9.17, 15) is 4.79 Å². The van der Waals surface area contributed by atoms with Crippen LogP contribution < -0.4 is 0 Å². The van der Waals surface area contributed by atoms with Crippen molar-refractivity contribution in [3.63, 3.8) is 0 Å². The standard InChI is InChI=1S/C30H33ClN4O/c1-21(2)18-29(36)34-16-14-33(15-17-34)20-27-30(23-10-8-22(3)9-11-23)32-28-13-12-24(19-35(27)28)25-6-4-5-7-26(25)31/h4-13,19,21H,14-18,20H2,1-3H3. The van der Waals surface area contributed by atoms with Gasteiger partial charge in [0.25, 0.3) is 0 Å². The first-order valence-electron chi connectivity index (χ1n) is 12.7. The van der Waals surface area contributed by atoms with Crippen molar-refractivity contribution in [3.8, 4) is 22.4 Å². The number of benzene rings is 2. The molecule has 1 aliphatic rings. The third-order valence-electron chi connectivity index (χ3n) is 6.91. The summed E-state index contributed by atoms with van der Waals surface area (Å²) in [6, 6.07) is 20.7. The molecule has 0 bridgehead atoms. The van der Waals surface area contributed by atoms with E-state index < -0.39 is 0 Å². The number of carbonyl (C=O) groups excluding carboxylic acids is 1. The summed E-state index contributed by atoms with van der Waals surface area (Å²) in [6.45, 7) is 10.3. The van der Waals surface area contributed by atoms with E-state index in [1.807, 2.05) is 29.2 Å². The summed E-state index contributed by atoms with van der Waals surface area (Å²) in [5.74, 6) is 0.655. The van der Waals surface area contributed by atoms with E-state index in [1.165, 1.54) is 5.56 Å². The first kappa shape index (κ1) is 24.5. The van der Waals surface area contributed by atoms with Crippen LogP contribution in [0.5, 0.6) is 0 Å². The van der Waals surface area contributed by atoms with Crippen LogP contribution in [0, 0.1) is 12.8 Å². The molecule has 5 rings (SSSR count). The predicted octanol–water partition coefficient (Wildman–Crippen LogP) is 6.32. The zero-order chi connectivity index (χ0) is 25.2. The Hall–Kier alpha value is -3.15. The van der Waals surface area contributed by atoms with Crippen LogP contribution in [0.1, 0.15) is 31.5 Å². The molecule has 5 nitrogen and oxygen atoms in total. The monoisotopic (exact) mass is 500 g/mol. The Bertz CT molecular complexity index is 1370. The van der Waals surface area contributed by atoms with Crippen LogP contribution in [0.2, 0.25) is 5.02 Å². The SMILES string of the molecule is Cc1ccc(-c2nc3ccc(-c4ccccc4Cl)cn3c2CN2CCN(C(=O)CC(C)C)CC2)cc1. The molecule has 0 unspecified atom stereocenters. The van der Waals surface area contributed by atoms with Crippen LogP contribution in [0.25, 0.3) is 28.0 Å². The number of rotatable bonds is 6. The molecule has 2 aromatic heterocycles. The summed E-state index contributed by atoms with van der Waals surface area (Å²) in [6.07, 6.45) is 2.77. The Morgan fingerprint density at radius 2 is 1.64 bits per heavy atom. The van der Waals surface area contributed by atoms with Crippen molar-refractivity contribution >= 4 is 23.2 Å². The highest BCUT2D eigenvalue weighted by Crippen LogP contribution is 2.31. The summed E-state index contributed by atoms with van der Waals surface area (Å²) in [4.78, 5) is 22.1. The smallest absolute Gasteiger partial charge is 0.222 e. The van der Waals surface area contributed by atoms with Gasteiger partial charge in [0, 0.05) is 61.5 Å². The van der Waals surface area contributed by atoms with E-state index in [0.717, 1.165) is 71.5 Å². The molecule has 1 saturated heterocycles. The van der Waals surface area contributed by atoms with Gasteiger partial charge in [-0.1, -0.05) is 73.5 Å². The fraction of sp³-hybridized carbons (Fsp3) is 0.333. The van der Waals surface area contributed by atoms with Crippen LogP contribution in [0.3, 0.4) is 0 Å². The number of halogens is 1. The number of piperazine rings is 1. The Kier molecular flexibility index (Phi) is 7.13. The van der Waals surface area contributed by atoms with Gasteiger partial charge < -0.3 is 9.30 Å². The van der Waals surface area contributed by atoms with Gasteiger partial charge >= 0.3 is 0 Å². The molecule has 0 N–H and O–H groups in total. The van der Waals surface area contributed by atoms with Gasteiger partial charge in [-0.3, -0.25) is 9.69 Å². The number of amides is 1. The second kappa shape index (κ2) is 10.5. The molecular weight excluding hydrogens is 468 g/mol. The first-order chi connectivity index (χ1) is 17.4. The lowest BCUT2D eigenvalue weighted by Crippen LogP contribution is -2.48. The van der Waals surface area contributed by atoms with E-state index in [-0.39, 0.29) is 5.91 Å². The zero-order valence-electron chi connectivity index (χ0n) is 21.2. The van der Waals surface area contributed by atoms with Crippen molar-refractivity contribution in [1.29, 1.82) is 0 Å². The van der Waals surface area contributed by atoms with Gasteiger partial charge in [-0.15, -0.1) is 0 Å². The van der Waals surface area contributed by atoms with Gasteiger partial charge in [0.15, 0.2) is 0 Å². The summed E-state index contributed by atoms with van der Waals surface area (Å²) in [5.41, 5.74) is 7.49. The normalized spacial score (nSPS) is 14.6. The Morgan fingerprint density at radius 3 is 2.33 bits per heavy atom. The van der Waals surface area contributed by atoms with E-state index in [1.54, 1.807) is 0 Å². The van der Waals surface area contributed by atoms with Gasteiger partial charge in [0.05, 0.1) is 11.4 Å². The van der Waals surface area contributed by atoms with Crippen molar-refractivity contribution in [3.05, 3.63) is 83.1 Å². The molecule has 0 atom stereocenters. The molecule has 2 aromatic carbocycles. The maximum atomic E-state index is 12.6. The number of aryl methyl sites for hydroxylation is 1. The maximum absolute atomic E-state index is 12.6. The number of pyridine rings is 1. The third-order valence-corrected chi connectivity index (χ3v) is 7.24. The minimum Gasteiger partial charge on any atom is -0.340 e. The molecular formula is C30H33ClN4O. The van der Waals surface area contributed by atoms with Gasteiger partial charge in [-0.05, 0) is 36.6 Å². The number of carbonyl (C=O) groups is 1. The highest BCUT2D eigenvalue weighted by Gasteiger charge is 2.24. The van der Waals surface area contributed by atoms with E-state index >= 15 is 0 Å². The molecule has 1 aliphatic heterocycles. The summed E-state index contributed by atoms with van der Waals surface area (Å²) in [5, 5.41) is 0.736. The van der Waals surface area contributed by atoms with Gasteiger partial charge in [-0.25, -0.2) is 4.98 Å². The minimum absolute atomic E-state index is 0.268. The number of hydrogen-bond donors (Lipinski definition) is 0. The van der Waals surface area contributed by atoms with E-state index in [2.05, 4.69) is 72.7 Å². The molecule has 4 aromatic rings. The number of nitrogens with zero attached hydrogens (tertiary/aromatic N) is 4. The molecule has 1 fully saturated rings. The molecule has 1 amide bonds. The predicted molar refractivity (Wildman–Crippen MR) is 147 cm³/mol. The zero-order valence-corrected chi connectivity index (χ0v) is 22.0. The van der Waals surface area contributed by atoms with Crippen molar-refractivity contribution in [2.45, 2.75) is 33.7 Å². The first-order valence-corrected chi connectivity index (χ1v) is 13.1. The summed E-state index contributed by atoms with van der Waals surface area (Å²) in [7, 11) is 0. The minimum atomic E-state index is 0.268. The van der Waals surface area contributed by atoms with Crippen LogP contribution in [0.15, 0.2) is 66.9 Å². The van der Waals surface area contributed by atoms with Crippen LogP contribution in [-0.4, -0.2) is 51.3 Å². The lowest BCUT2D eigenvalue weighted by Gasteiger charge is -2.35. The molecule has 6 heteroatoms. The van der Waals surface area contributed by atoms with Crippen molar-refractivity contribution in [2.75, 3.05) is 26.2 Å². The van der Waals surface area contributed by atoms with Crippen molar-refractivity contribution < 1.29 is 4.79 Å². The average molecular weight is 501 g/mol. The molecule has 0 radical (unpaired) electrons. The summed E-state index contributed by atoms with van der Waals surface area (Å²) < 4.78 is 2.21. The number of fused-ring (bicyclic) bond motifs is 1. The van der Waals surface area contributed by atoms with Crippen LogP contribution >= 0.6 is 11.6 Å². The van der Waals surface area contributed by atoms with Gasteiger partial charge in [0.1, 0.15) is 5.65 Å². The van der Waals surface area contributed by atoms with Crippen LogP contribution in [-0.2, 0) is 11.3 Å². The molecule has 0 spiro atoms. The van der Waals surface area contributed by atoms with Crippen molar-refractivity contribution in [2.24, 2.45) is 5.92 Å². The average Bonchev–Trinajstić information content (AvgIpc) is 3.22. The lowest BCUT2D eigenvalue weighted by atomic mass is 10.1. The lowest BCUT2D eigenvalue weighted by molar-refractivity contribution is -0.133. The highest BCUT2D eigenvalue weighted by molar-refractivity contribution is 6.33. The fourth-order valence-corrected chi connectivity index (χ4v) is 5.13. The maximum Gasteiger partial charge on any atom is 0.222 e. The number of hydrogen-bond acceptors (Lipinski definition) is 3. The topological polar surface area (TPSA) is 40.9 Å². The Morgan fingerprint density at radius 1 is 0.944 bits per heavy atom. The Labute approximate surface area is 218 Å². The van der Waals surface area contributed by atoms with Gasteiger partial charge in [-0.2, -0.15) is 0 Å². The second-order valence-corrected chi connectivity index (χ2v) is 10.6. The molecule has 3 heterocycles. The molecule has 186 valence electrons. The quantitative estimate of drug-likeness (QED) is 0.311. The van der Waals surface area contributed by atoms with Gasteiger partial charge in [0.2, 0.25) is 5.91 Å². The molecule has 36 heavy (non-hydrogen) atoms. The fourth-order valence-electron chi connectivity index (χ4n) is 4.89. The second-order valence-electron chi connectivity index (χ2n) is 10.2. The third kappa shape index (κ3) is 5.18. The Balaban J connectivity index is 1.48. The molecule has 0 aliphatic carbocycles. The highest BCUT2D eigenvalue weighted by atomic mass is 35.5. The van der Waals surface area contributed by atoms with E-state index in [0.29, 0.717) is 12.3 Å². The van der Waals surface area contributed by atoms with Crippen molar-refractivity contribution in [1.82, 2.24) is 19.2 Å². The van der Waals surface area contributed by atoms with E-state index in [4.69, 9.17) is 16.6 Å². The number of aromatic nitrogens is 2. The largest absolute Gasteiger partial charge is 0.340 e. The molecule has 0 saturated carbocycles.